The molecule has 4 rings (SSSR count). The number of rotatable bonds is 2. The van der Waals surface area contributed by atoms with Crippen molar-refractivity contribution in [3.63, 3.8) is 0 Å². The molecule has 4 nitrogen and oxygen atoms in total. The summed E-state index contributed by atoms with van der Waals surface area (Å²) < 4.78 is 19.2. The number of ether oxygens (including phenoxy) is 1. The van der Waals surface area contributed by atoms with Crippen LogP contribution in [0.1, 0.15) is 20.8 Å². The van der Waals surface area contributed by atoms with Gasteiger partial charge < -0.3 is 9.64 Å². The van der Waals surface area contributed by atoms with E-state index < -0.39 is 12.0 Å². The van der Waals surface area contributed by atoms with Gasteiger partial charge >= 0.3 is 5.97 Å². The Morgan fingerprint density at radius 1 is 1.15 bits per heavy atom. The van der Waals surface area contributed by atoms with Gasteiger partial charge in [0.1, 0.15) is 11.9 Å². The van der Waals surface area contributed by atoms with Crippen LogP contribution in [-0.4, -0.2) is 29.9 Å². The highest BCUT2D eigenvalue weighted by atomic mass is 32.1. The molecule has 0 N–H and O–H groups in total. The number of carbonyl (C=O) groups excluding carboxylic acids is 2. The largest absolute Gasteiger partial charge is 0.467 e. The minimum Gasteiger partial charge on any atom is -0.467 e. The average Bonchev–Trinajstić information content (AvgIpc) is 3.08. The van der Waals surface area contributed by atoms with Gasteiger partial charge in [0.05, 0.1) is 12.0 Å². The Balaban J connectivity index is 1.72. The number of esters is 1. The average molecular weight is 369 g/mol. The van der Waals surface area contributed by atoms with Crippen LogP contribution in [0.3, 0.4) is 0 Å². The molecule has 2 aromatic carbocycles. The highest BCUT2D eigenvalue weighted by Crippen LogP contribution is 2.31. The number of thiophene rings is 1. The second-order valence-corrected chi connectivity index (χ2v) is 7.32. The number of halogens is 1. The van der Waals surface area contributed by atoms with Crippen molar-refractivity contribution in [1.29, 1.82) is 0 Å². The van der Waals surface area contributed by atoms with Crippen LogP contribution in [0, 0.1) is 5.82 Å². The molecular weight excluding hydrogens is 353 g/mol. The van der Waals surface area contributed by atoms with Crippen molar-refractivity contribution in [1.82, 2.24) is 4.90 Å². The highest BCUT2D eigenvalue weighted by Gasteiger charge is 2.36. The monoisotopic (exact) mass is 369 g/mol. The summed E-state index contributed by atoms with van der Waals surface area (Å²) in [4.78, 5) is 27.4. The highest BCUT2D eigenvalue weighted by molar-refractivity contribution is 7.20. The zero-order chi connectivity index (χ0) is 18.3. The predicted octanol–water partition coefficient (Wildman–Crippen LogP) is 3.78. The second kappa shape index (κ2) is 6.53. The van der Waals surface area contributed by atoms with Crippen molar-refractivity contribution in [3.8, 4) is 0 Å². The van der Waals surface area contributed by atoms with E-state index in [0.29, 0.717) is 23.2 Å². The van der Waals surface area contributed by atoms with E-state index in [4.69, 9.17) is 4.74 Å². The Labute approximate surface area is 153 Å². The van der Waals surface area contributed by atoms with Crippen LogP contribution in [0.4, 0.5) is 4.39 Å². The van der Waals surface area contributed by atoms with Crippen LogP contribution < -0.4 is 0 Å². The van der Waals surface area contributed by atoms with Crippen molar-refractivity contribution < 1.29 is 18.7 Å². The predicted molar refractivity (Wildman–Crippen MR) is 97.6 cm³/mol. The maximum absolute atomic E-state index is 13.4. The summed E-state index contributed by atoms with van der Waals surface area (Å²) in [5.41, 5.74) is 2.07. The molecule has 132 valence electrons. The van der Waals surface area contributed by atoms with Gasteiger partial charge in [-0.25, -0.2) is 9.18 Å². The molecular formula is C20H16FNO3S. The first-order chi connectivity index (χ1) is 12.6. The fourth-order valence-electron chi connectivity index (χ4n) is 3.34. The number of methoxy groups -OCH3 is 1. The lowest BCUT2D eigenvalue weighted by atomic mass is 9.94. The maximum Gasteiger partial charge on any atom is 0.328 e. The maximum atomic E-state index is 13.4. The second-order valence-electron chi connectivity index (χ2n) is 6.24. The van der Waals surface area contributed by atoms with Gasteiger partial charge in [0, 0.05) is 17.7 Å². The molecule has 0 bridgehead atoms. The van der Waals surface area contributed by atoms with E-state index >= 15 is 0 Å². The third kappa shape index (κ3) is 2.86. The van der Waals surface area contributed by atoms with Crippen LogP contribution in [0.2, 0.25) is 0 Å². The summed E-state index contributed by atoms with van der Waals surface area (Å²) >= 11 is 1.30. The van der Waals surface area contributed by atoms with E-state index in [1.54, 1.807) is 17.0 Å². The SMILES string of the molecule is COC(=O)C1Cc2ccccc2CN1C(=O)c1cc2cc(F)ccc2s1. The summed E-state index contributed by atoms with van der Waals surface area (Å²) in [5, 5.41) is 0.686. The Morgan fingerprint density at radius 2 is 1.92 bits per heavy atom. The minimum atomic E-state index is -0.663. The topological polar surface area (TPSA) is 46.6 Å². The van der Waals surface area contributed by atoms with Crippen LogP contribution >= 0.6 is 11.3 Å². The van der Waals surface area contributed by atoms with Crippen molar-refractivity contribution in [2.24, 2.45) is 0 Å². The van der Waals surface area contributed by atoms with Gasteiger partial charge in [-0.1, -0.05) is 24.3 Å². The quantitative estimate of drug-likeness (QED) is 0.646. The first-order valence-electron chi connectivity index (χ1n) is 8.21. The number of carbonyl (C=O) groups is 2. The summed E-state index contributed by atoms with van der Waals surface area (Å²) in [7, 11) is 1.33. The molecule has 1 aromatic heterocycles. The van der Waals surface area contributed by atoms with Crippen LogP contribution in [0.15, 0.2) is 48.5 Å². The third-order valence-electron chi connectivity index (χ3n) is 4.67. The summed E-state index contributed by atoms with van der Waals surface area (Å²) in [5.74, 6) is -1.01. The summed E-state index contributed by atoms with van der Waals surface area (Å²) in [6.07, 6.45) is 0.425. The number of fused-ring (bicyclic) bond motifs is 2. The molecule has 1 atom stereocenters. The lowest BCUT2D eigenvalue weighted by Gasteiger charge is -2.34. The molecule has 0 fully saturated rings. The Bertz CT molecular complexity index is 1010. The first kappa shape index (κ1) is 16.7. The molecule has 1 aliphatic rings. The Morgan fingerprint density at radius 3 is 2.69 bits per heavy atom. The fraction of sp³-hybridized carbons (Fsp3) is 0.200. The van der Waals surface area contributed by atoms with Gasteiger partial charge in [0.15, 0.2) is 0 Å². The Hall–Kier alpha value is -2.73. The van der Waals surface area contributed by atoms with Gasteiger partial charge in [-0.05, 0) is 40.8 Å². The van der Waals surface area contributed by atoms with Crippen LogP contribution in [-0.2, 0) is 22.5 Å². The molecule has 26 heavy (non-hydrogen) atoms. The fourth-order valence-corrected chi connectivity index (χ4v) is 4.34. The van der Waals surface area contributed by atoms with Crippen molar-refractivity contribution in [2.45, 2.75) is 19.0 Å². The van der Waals surface area contributed by atoms with Crippen LogP contribution in [0.25, 0.3) is 10.1 Å². The van der Waals surface area contributed by atoms with E-state index in [9.17, 15) is 14.0 Å². The van der Waals surface area contributed by atoms with Crippen molar-refractivity contribution >= 4 is 33.3 Å². The van der Waals surface area contributed by atoms with E-state index in [1.807, 2.05) is 24.3 Å². The number of hydrogen-bond acceptors (Lipinski definition) is 4. The van der Waals surface area contributed by atoms with E-state index in [0.717, 1.165) is 15.8 Å². The number of hydrogen-bond donors (Lipinski definition) is 0. The number of amides is 1. The molecule has 0 saturated heterocycles. The summed E-state index contributed by atoms with van der Waals surface area (Å²) in [6, 6.07) is 13.2. The molecule has 1 aliphatic heterocycles. The summed E-state index contributed by atoms with van der Waals surface area (Å²) in [6.45, 7) is 0.345. The van der Waals surface area contributed by atoms with Crippen LogP contribution in [0.5, 0.6) is 0 Å². The standard InChI is InChI=1S/C20H16FNO3S/c1-25-20(24)16-9-12-4-2-3-5-13(12)11-22(16)19(23)18-10-14-8-15(21)6-7-17(14)26-18/h2-8,10,16H,9,11H2,1H3. The van der Waals surface area contributed by atoms with E-state index in [1.165, 1.54) is 30.6 Å². The number of benzene rings is 2. The van der Waals surface area contributed by atoms with E-state index in [-0.39, 0.29) is 11.7 Å². The first-order valence-corrected chi connectivity index (χ1v) is 9.03. The van der Waals surface area contributed by atoms with E-state index in [2.05, 4.69) is 0 Å². The molecule has 3 aromatic rings. The normalized spacial score (nSPS) is 16.4. The molecule has 0 aliphatic carbocycles. The third-order valence-corrected chi connectivity index (χ3v) is 5.78. The molecule has 1 unspecified atom stereocenters. The molecule has 2 heterocycles. The van der Waals surface area contributed by atoms with Gasteiger partial charge in [0.2, 0.25) is 0 Å². The molecule has 0 radical (unpaired) electrons. The minimum absolute atomic E-state index is 0.239. The smallest absolute Gasteiger partial charge is 0.328 e. The van der Waals surface area contributed by atoms with Gasteiger partial charge in [0.25, 0.3) is 5.91 Å². The van der Waals surface area contributed by atoms with Gasteiger partial charge in [-0.3, -0.25) is 4.79 Å². The van der Waals surface area contributed by atoms with Crippen molar-refractivity contribution in [2.75, 3.05) is 7.11 Å². The molecule has 0 spiro atoms. The lowest BCUT2D eigenvalue weighted by Crippen LogP contribution is -2.48. The Kier molecular flexibility index (Phi) is 4.20. The zero-order valence-corrected chi connectivity index (χ0v) is 14.9. The number of nitrogens with zero attached hydrogens (tertiary/aromatic N) is 1. The van der Waals surface area contributed by atoms with Gasteiger partial charge in [-0.15, -0.1) is 11.3 Å². The zero-order valence-electron chi connectivity index (χ0n) is 14.1. The van der Waals surface area contributed by atoms with Gasteiger partial charge in [-0.2, -0.15) is 0 Å². The molecule has 6 heteroatoms. The molecule has 0 saturated carbocycles. The lowest BCUT2D eigenvalue weighted by molar-refractivity contribution is -0.146. The molecule has 1 amide bonds. The van der Waals surface area contributed by atoms with Crippen molar-refractivity contribution in [3.05, 3.63) is 70.4 Å².